The molecule has 0 aromatic heterocycles. The van der Waals surface area contributed by atoms with E-state index in [9.17, 15) is 176 Å². The van der Waals surface area contributed by atoms with Crippen LogP contribution in [-0.2, 0) is 23.7 Å². The summed E-state index contributed by atoms with van der Waals surface area (Å²) in [6.07, 6.45) is -73.2. The lowest BCUT2D eigenvalue weighted by atomic mass is 9.73. The number of hydrogen-bond donors (Lipinski definition) is 0. The maximum Gasteiger partial charge on any atom is 0.462 e. The van der Waals surface area contributed by atoms with Gasteiger partial charge in [-0.15, -0.1) is 0 Å². The van der Waals surface area contributed by atoms with Gasteiger partial charge in [0.25, 0.3) is 0 Å². The first-order chi connectivity index (χ1) is 27.7. The molecule has 0 aliphatic heterocycles. The van der Waals surface area contributed by atoms with Gasteiger partial charge in [-0.2, -0.15) is 171 Å². The molecule has 3 unspecified atom stereocenters. The maximum atomic E-state index is 15.0. The third-order valence-electron chi connectivity index (χ3n) is 7.49. The van der Waals surface area contributed by atoms with Gasteiger partial charge in [0.15, 0.2) is 0 Å². The van der Waals surface area contributed by atoms with Crippen LogP contribution in [0.4, 0.5) is 176 Å². The van der Waals surface area contributed by atoms with Crippen molar-refractivity contribution < 1.29 is 199 Å². The Kier molecular flexibility index (Phi) is 13.6. The average molecular weight is 1090 g/mol. The van der Waals surface area contributed by atoms with Gasteiger partial charge in [-0.25, -0.2) is 9.18 Å². The summed E-state index contributed by atoms with van der Waals surface area (Å²) in [5, 5.41) is 0. The van der Waals surface area contributed by atoms with Crippen molar-refractivity contribution in [2.24, 2.45) is 0 Å². The van der Waals surface area contributed by atoms with Crippen LogP contribution in [-0.4, -0.2) is 126 Å². The van der Waals surface area contributed by atoms with Crippen LogP contribution in [0.3, 0.4) is 0 Å². The summed E-state index contributed by atoms with van der Waals surface area (Å²) in [5.74, 6) is -111. The topological polar surface area (TPSA) is 54.0 Å². The summed E-state index contributed by atoms with van der Waals surface area (Å²) in [6.45, 7) is 0. The van der Waals surface area contributed by atoms with Crippen molar-refractivity contribution in [3.63, 3.8) is 0 Å². The predicted molar refractivity (Wildman–Crippen MR) is 108 cm³/mol. The molecule has 1 rings (SSSR count). The molecule has 0 bridgehead atoms. The number of rotatable bonds is 12. The Morgan fingerprint density at radius 2 is 0.545 bits per heavy atom. The van der Waals surface area contributed by atoms with E-state index in [4.69, 9.17) is 0 Å². The Balaban J connectivity index is 4.32. The zero-order chi connectivity index (χ0) is 54.4. The molecule has 45 heteroatoms. The van der Waals surface area contributed by atoms with Gasteiger partial charge in [0, 0.05) is 0 Å². The number of hydrogen-bond acceptors (Lipinski definition) is 5. The van der Waals surface area contributed by atoms with Crippen LogP contribution in [0.2, 0.25) is 0 Å². The molecule has 0 heterocycles. The van der Waals surface area contributed by atoms with E-state index >= 15 is 4.39 Å². The first-order valence-corrected chi connectivity index (χ1v) is 13.6. The minimum absolute atomic E-state index is 0.681. The molecule has 1 aliphatic rings. The molecular weight excluding hydrogens is 1090 g/mol. The van der Waals surface area contributed by atoms with E-state index in [1.807, 2.05) is 0 Å². The monoisotopic (exact) mass is 1090 g/mol. The van der Waals surface area contributed by atoms with Crippen LogP contribution in [0.1, 0.15) is 0 Å². The van der Waals surface area contributed by atoms with Gasteiger partial charge in [-0.05, 0) is 0 Å². The summed E-state index contributed by atoms with van der Waals surface area (Å²) in [7, 11) is 0. The highest BCUT2D eigenvalue weighted by molar-refractivity contribution is 5.79. The Hall–Kier alpha value is -3.45. The first kappa shape index (κ1) is 60.6. The summed E-state index contributed by atoms with van der Waals surface area (Å²) in [5.41, 5.74) is -10.3. The maximum absolute atomic E-state index is 15.0. The minimum Gasteiger partial charge on any atom is -0.393 e. The average Bonchev–Trinajstić information content (AvgIpc) is 3.03. The SMILES string of the molecule is O=C(OC(F)(F)C1(F)C(F)(F)C(F)(F)C(F)(F)C(F)(F)C(F)(F)C(F)(F)C1(F)F)C(F)(OC(F)(F)C(F)(OC(F)(F)C(F)(OC(F)(F)C(F)(F)C(F)(F)F)C(F)(F)F)C(F)(F)F)C(F)(F)F. The largest absolute Gasteiger partial charge is 0.462 e. The van der Waals surface area contributed by atoms with Crippen LogP contribution >= 0.6 is 0 Å². The normalized spacial score (nSPS) is 25.3. The van der Waals surface area contributed by atoms with Gasteiger partial charge in [-0.3, -0.25) is 14.2 Å². The second-order valence-electron chi connectivity index (χ2n) is 11.8. The highest BCUT2D eigenvalue weighted by Crippen LogP contribution is 2.73. The molecule has 0 saturated heterocycles. The number of esters is 1. The second-order valence-corrected chi connectivity index (χ2v) is 11.8. The van der Waals surface area contributed by atoms with Crippen LogP contribution in [0.25, 0.3) is 0 Å². The molecule has 5 nitrogen and oxygen atoms in total. The second kappa shape index (κ2) is 14.8. The fourth-order valence-corrected chi connectivity index (χ4v) is 3.90. The standard InChI is InChI=1S/C21F40O5/c22-2(14(42,43)44,1(62)63-18(54,55)3(23)4(24,25)6(28,29)8(32,33)10(36,37)9(34,35)7(30,31)5(3,26)27)64-20(58,59)12(40,16(48,49)50)66-21(60,61)13(41,17(51,52)53)65-19(56,57)11(38,39)15(45,46)47. The molecule has 3 atom stereocenters. The van der Waals surface area contributed by atoms with E-state index in [2.05, 4.69) is 0 Å². The number of alkyl halides is 40. The zero-order valence-electron chi connectivity index (χ0n) is 27.7. The molecule has 1 fully saturated rings. The molecular formula is C21F40O5. The van der Waals surface area contributed by atoms with Gasteiger partial charge in [-0.1, -0.05) is 0 Å². The van der Waals surface area contributed by atoms with Crippen molar-refractivity contribution in [3.05, 3.63) is 0 Å². The number of carbonyl (C=O) groups is 1. The van der Waals surface area contributed by atoms with Gasteiger partial charge < -0.3 is 4.74 Å². The fourth-order valence-electron chi connectivity index (χ4n) is 3.90. The lowest BCUT2D eigenvalue weighted by Gasteiger charge is -2.52. The first-order valence-electron chi connectivity index (χ1n) is 13.6. The quantitative estimate of drug-likeness (QED) is 0.144. The van der Waals surface area contributed by atoms with Crippen LogP contribution in [0.5, 0.6) is 0 Å². The highest BCUT2D eigenvalue weighted by atomic mass is 19.5. The van der Waals surface area contributed by atoms with Crippen molar-refractivity contribution >= 4 is 5.97 Å². The molecule has 0 amide bonds. The molecule has 1 saturated carbocycles. The van der Waals surface area contributed by atoms with Crippen molar-refractivity contribution in [1.82, 2.24) is 0 Å². The Morgan fingerprint density at radius 1 is 0.303 bits per heavy atom. The number of halogens is 40. The van der Waals surface area contributed by atoms with Crippen LogP contribution in [0.15, 0.2) is 0 Å². The van der Waals surface area contributed by atoms with Gasteiger partial charge in [0.2, 0.25) is 0 Å². The molecule has 0 aromatic rings. The van der Waals surface area contributed by atoms with E-state index < -0.39 is 126 Å². The van der Waals surface area contributed by atoms with Gasteiger partial charge >= 0.3 is 126 Å². The smallest absolute Gasteiger partial charge is 0.393 e. The summed E-state index contributed by atoms with van der Waals surface area (Å²) >= 11 is 0. The lowest BCUT2D eigenvalue weighted by molar-refractivity contribution is -0.578. The van der Waals surface area contributed by atoms with Gasteiger partial charge in [0.1, 0.15) is 0 Å². The Bertz CT molecular complexity index is 1770. The molecule has 394 valence electrons. The molecule has 0 aromatic carbocycles. The van der Waals surface area contributed by atoms with Crippen molar-refractivity contribution in [1.29, 1.82) is 0 Å². The number of carbonyl (C=O) groups excluding carboxylic acids is 1. The summed E-state index contributed by atoms with van der Waals surface area (Å²) in [6, 6.07) is 0. The molecule has 66 heavy (non-hydrogen) atoms. The third kappa shape index (κ3) is 7.47. The van der Waals surface area contributed by atoms with Crippen molar-refractivity contribution in [2.45, 2.75) is 120 Å². The van der Waals surface area contributed by atoms with Gasteiger partial charge in [0.05, 0.1) is 0 Å². The van der Waals surface area contributed by atoms with E-state index in [0.29, 0.717) is 4.74 Å². The Labute approximate surface area is 326 Å². The zero-order valence-corrected chi connectivity index (χ0v) is 27.7. The van der Waals surface area contributed by atoms with Crippen molar-refractivity contribution in [2.75, 3.05) is 0 Å². The molecule has 0 spiro atoms. The van der Waals surface area contributed by atoms with E-state index in [0.717, 1.165) is 14.2 Å². The minimum atomic E-state index is -10.3. The Morgan fingerprint density at radius 3 is 0.788 bits per heavy atom. The highest BCUT2D eigenvalue weighted by Gasteiger charge is 3.06. The molecule has 0 N–H and O–H groups in total. The van der Waals surface area contributed by atoms with E-state index in [1.54, 1.807) is 0 Å². The van der Waals surface area contributed by atoms with Crippen LogP contribution in [0, 0.1) is 0 Å². The van der Waals surface area contributed by atoms with E-state index in [-0.39, 0.29) is 0 Å². The molecule has 1 aliphatic carbocycles. The summed E-state index contributed by atoms with van der Waals surface area (Å²) in [4.78, 5) is 11.6. The molecule has 0 radical (unpaired) electrons. The fraction of sp³-hybridized carbons (Fsp3) is 0.952. The summed E-state index contributed by atoms with van der Waals surface area (Å²) < 4.78 is 551. The predicted octanol–water partition coefficient (Wildman–Crippen LogP) is 12.0. The third-order valence-corrected chi connectivity index (χ3v) is 7.49. The van der Waals surface area contributed by atoms with E-state index in [1.165, 1.54) is 0 Å². The number of ether oxygens (including phenoxy) is 4. The van der Waals surface area contributed by atoms with Crippen LogP contribution < -0.4 is 0 Å². The van der Waals surface area contributed by atoms with Crippen molar-refractivity contribution in [3.8, 4) is 0 Å². The lowest BCUT2D eigenvalue weighted by Crippen LogP contribution is -2.86.